The number of amides is 2. The van der Waals surface area contributed by atoms with Crippen LogP contribution in [0.2, 0.25) is 0 Å². The zero-order valence-corrected chi connectivity index (χ0v) is 20.5. The smallest absolute Gasteiger partial charge is 0.251 e. The Labute approximate surface area is 201 Å². The first-order valence-electron chi connectivity index (χ1n) is 12.0. The van der Waals surface area contributed by atoms with Gasteiger partial charge in [0.15, 0.2) is 0 Å². The van der Waals surface area contributed by atoms with Gasteiger partial charge in [-0.2, -0.15) is 5.10 Å². The highest BCUT2D eigenvalue weighted by molar-refractivity contribution is 5.97. The molecule has 0 aliphatic heterocycles. The predicted molar refractivity (Wildman–Crippen MR) is 134 cm³/mol. The fraction of sp³-hybridized carbons (Fsp3) is 0.393. The first-order chi connectivity index (χ1) is 16.2. The van der Waals surface area contributed by atoms with E-state index in [1.807, 2.05) is 53.3 Å². The summed E-state index contributed by atoms with van der Waals surface area (Å²) in [4.78, 5) is 25.6. The summed E-state index contributed by atoms with van der Waals surface area (Å²) in [7, 11) is 0. The lowest BCUT2D eigenvalue weighted by atomic mass is 9.86. The fourth-order valence-corrected chi connectivity index (χ4v) is 4.43. The topological polar surface area (TPSA) is 76.0 Å². The summed E-state index contributed by atoms with van der Waals surface area (Å²) in [6, 6.07) is 17.1. The molecule has 2 N–H and O–H groups in total. The van der Waals surface area contributed by atoms with Crippen molar-refractivity contribution in [1.82, 2.24) is 20.4 Å². The second-order valence-electron chi connectivity index (χ2n) is 10.2. The van der Waals surface area contributed by atoms with Crippen molar-refractivity contribution in [3.63, 3.8) is 0 Å². The Bertz CT molecular complexity index is 1140. The van der Waals surface area contributed by atoms with E-state index in [-0.39, 0.29) is 23.3 Å². The molecule has 0 spiro atoms. The van der Waals surface area contributed by atoms with E-state index in [0.717, 1.165) is 36.9 Å². The van der Waals surface area contributed by atoms with Crippen LogP contribution in [-0.4, -0.2) is 27.6 Å². The summed E-state index contributed by atoms with van der Waals surface area (Å²) in [6.45, 7) is 8.85. The molecular formula is C28H34N4O2. The number of aromatic nitrogens is 2. The summed E-state index contributed by atoms with van der Waals surface area (Å²) in [6.07, 6.45) is 4.68. The number of rotatable bonds is 6. The second kappa shape index (κ2) is 9.84. The summed E-state index contributed by atoms with van der Waals surface area (Å²) in [5.41, 5.74) is 5.19. The van der Waals surface area contributed by atoms with Crippen molar-refractivity contribution in [2.75, 3.05) is 0 Å². The molecule has 6 heteroatoms. The van der Waals surface area contributed by atoms with E-state index in [1.165, 1.54) is 11.3 Å². The highest BCUT2D eigenvalue weighted by Gasteiger charge is 2.27. The molecule has 0 bridgehead atoms. The van der Waals surface area contributed by atoms with Gasteiger partial charge in [0.1, 0.15) is 6.04 Å². The molecule has 6 nitrogen and oxygen atoms in total. The maximum absolute atomic E-state index is 12.9. The molecule has 2 aromatic carbocycles. The van der Waals surface area contributed by atoms with Crippen LogP contribution in [0.1, 0.15) is 79.3 Å². The summed E-state index contributed by atoms with van der Waals surface area (Å²) < 4.78 is 2.04. The molecule has 34 heavy (non-hydrogen) atoms. The number of nitrogens with one attached hydrogen (secondary N) is 2. The van der Waals surface area contributed by atoms with Crippen LogP contribution in [0.25, 0.3) is 0 Å². The number of hydrogen-bond donors (Lipinski definition) is 2. The Morgan fingerprint density at radius 3 is 2.47 bits per heavy atom. The molecular weight excluding hydrogens is 424 g/mol. The SMILES string of the molecule is CC(NC(=O)c1ccc(C(C)(C)C)cc1)C(=O)NC1CCCc2c1cnn2Cc1ccccc1. The lowest BCUT2D eigenvalue weighted by molar-refractivity contribution is -0.123. The Morgan fingerprint density at radius 2 is 1.79 bits per heavy atom. The lowest BCUT2D eigenvalue weighted by Gasteiger charge is -2.26. The van der Waals surface area contributed by atoms with Gasteiger partial charge in [-0.1, -0.05) is 63.2 Å². The molecule has 1 aliphatic carbocycles. The van der Waals surface area contributed by atoms with Crippen LogP contribution in [0.15, 0.2) is 60.8 Å². The summed E-state index contributed by atoms with van der Waals surface area (Å²) in [5, 5.41) is 10.6. The molecule has 2 unspecified atom stereocenters. The predicted octanol–water partition coefficient (Wildman–Crippen LogP) is 4.54. The fourth-order valence-electron chi connectivity index (χ4n) is 4.43. The van der Waals surface area contributed by atoms with E-state index in [0.29, 0.717) is 5.56 Å². The van der Waals surface area contributed by atoms with E-state index in [9.17, 15) is 9.59 Å². The number of carbonyl (C=O) groups is 2. The number of nitrogens with zero attached hydrogens (tertiary/aromatic N) is 2. The van der Waals surface area contributed by atoms with Gasteiger partial charge in [0.2, 0.25) is 5.91 Å². The molecule has 178 valence electrons. The minimum atomic E-state index is -0.639. The standard InChI is InChI=1S/C28H34N4O2/c1-19(30-27(34)21-13-15-22(16-14-21)28(2,3)4)26(33)31-24-11-8-12-25-23(24)17-29-32(25)18-20-9-6-5-7-10-20/h5-7,9-10,13-17,19,24H,8,11-12,18H2,1-4H3,(H,30,34)(H,31,33). The third-order valence-corrected chi connectivity index (χ3v) is 6.51. The van der Waals surface area contributed by atoms with Crippen molar-refractivity contribution >= 4 is 11.8 Å². The van der Waals surface area contributed by atoms with Crippen LogP contribution < -0.4 is 10.6 Å². The number of fused-ring (bicyclic) bond motifs is 1. The molecule has 1 aromatic heterocycles. The Kier molecular flexibility index (Phi) is 6.87. The Balaban J connectivity index is 1.38. The third-order valence-electron chi connectivity index (χ3n) is 6.51. The van der Waals surface area contributed by atoms with Gasteiger partial charge in [-0.25, -0.2) is 0 Å². The van der Waals surface area contributed by atoms with Crippen LogP contribution in [0.4, 0.5) is 0 Å². The Morgan fingerprint density at radius 1 is 1.09 bits per heavy atom. The molecule has 0 saturated heterocycles. The van der Waals surface area contributed by atoms with Gasteiger partial charge in [0.05, 0.1) is 18.8 Å². The monoisotopic (exact) mass is 458 g/mol. The van der Waals surface area contributed by atoms with E-state index in [4.69, 9.17) is 0 Å². The molecule has 4 rings (SSSR count). The summed E-state index contributed by atoms with van der Waals surface area (Å²) >= 11 is 0. The van der Waals surface area contributed by atoms with Crippen LogP contribution in [-0.2, 0) is 23.2 Å². The average molecular weight is 459 g/mol. The highest BCUT2D eigenvalue weighted by Crippen LogP contribution is 2.30. The number of carbonyl (C=O) groups excluding carboxylic acids is 2. The highest BCUT2D eigenvalue weighted by atomic mass is 16.2. The van der Waals surface area contributed by atoms with Crippen LogP contribution >= 0.6 is 0 Å². The molecule has 2 atom stereocenters. The zero-order chi connectivity index (χ0) is 24.3. The number of benzene rings is 2. The van der Waals surface area contributed by atoms with Crippen molar-refractivity contribution in [3.8, 4) is 0 Å². The molecule has 0 saturated carbocycles. The number of hydrogen-bond acceptors (Lipinski definition) is 3. The average Bonchev–Trinajstić information content (AvgIpc) is 3.23. The van der Waals surface area contributed by atoms with Gasteiger partial charge in [-0.15, -0.1) is 0 Å². The molecule has 3 aromatic rings. The van der Waals surface area contributed by atoms with Gasteiger partial charge < -0.3 is 10.6 Å². The van der Waals surface area contributed by atoms with Crippen LogP contribution in [0, 0.1) is 0 Å². The van der Waals surface area contributed by atoms with Crippen molar-refractivity contribution in [2.24, 2.45) is 0 Å². The summed E-state index contributed by atoms with van der Waals surface area (Å²) in [5.74, 6) is -0.434. The van der Waals surface area contributed by atoms with Gasteiger partial charge in [-0.05, 0) is 54.9 Å². The minimum Gasteiger partial charge on any atom is -0.347 e. The van der Waals surface area contributed by atoms with Crippen molar-refractivity contribution in [2.45, 2.75) is 71.0 Å². The van der Waals surface area contributed by atoms with Gasteiger partial charge in [0.25, 0.3) is 5.91 Å². The van der Waals surface area contributed by atoms with Gasteiger partial charge >= 0.3 is 0 Å². The van der Waals surface area contributed by atoms with E-state index in [1.54, 1.807) is 6.92 Å². The first kappa shape index (κ1) is 23.7. The van der Waals surface area contributed by atoms with E-state index < -0.39 is 6.04 Å². The zero-order valence-electron chi connectivity index (χ0n) is 20.5. The van der Waals surface area contributed by atoms with E-state index >= 15 is 0 Å². The maximum Gasteiger partial charge on any atom is 0.251 e. The quantitative estimate of drug-likeness (QED) is 0.569. The molecule has 0 fully saturated rings. The second-order valence-corrected chi connectivity index (χ2v) is 10.2. The largest absolute Gasteiger partial charge is 0.347 e. The molecule has 1 heterocycles. The van der Waals surface area contributed by atoms with Gasteiger partial charge in [-0.3, -0.25) is 14.3 Å². The molecule has 1 aliphatic rings. The van der Waals surface area contributed by atoms with Crippen molar-refractivity contribution in [1.29, 1.82) is 0 Å². The Hall–Kier alpha value is -3.41. The minimum absolute atomic E-state index is 0.0237. The third kappa shape index (κ3) is 5.38. The van der Waals surface area contributed by atoms with Crippen LogP contribution in [0.5, 0.6) is 0 Å². The van der Waals surface area contributed by atoms with Crippen LogP contribution in [0.3, 0.4) is 0 Å². The maximum atomic E-state index is 12.9. The lowest BCUT2D eigenvalue weighted by Crippen LogP contribution is -2.46. The van der Waals surface area contributed by atoms with Gasteiger partial charge in [0, 0.05) is 16.8 Å². The molecule has 0 radical (unpaired) electrons. The normalized spacial score (nSPS) is 16.4. The van der Waals surface area contributed by atoms with Crippen molar-refractivity contribution < 1.29 is 9.59 Å². The van der Waals surface area contributed by atoms with Crippen molar-refractivity contribution in [3.05, 3.63) is 88.7 Å². The first-order valence-corrected chi connectivity index (χ1v) is 12.0. The van der Waals surface area contributed by atoms with E-state index in [2.05, 4.69) is 48.6 Å². The molecule has 2 amide bonds.